The van der Waals surface area contributed by atoms with E-state index in [4.69, 9.17) is 0 Å². The van der Waals surface area contributed by atoms with E-state index in [-0.39, 0.29) is 18.2 Å². The predicted molar refractivity (Wildman–Crippen MR) is 107 cm³/mol. The van der Waals surface area contributed by atoms with E-state index in [0.29, 0.717) is 12.0 Å². The monoisotopic (exact) mass is 382 g/mol. The Bertz CT molecular complexity index is 791. The summed E-state index contributed by atoms with van der Waals surface area (Å²) in [6, 6.07) is 16.0. The van der Waals surface area contributed by atoms with Crippen LogP contribution in [0, 0.1) is 5.92 Å². The molecule has 3 N–H and O–H groups in total. The summed E-state index contributed by atoms with van der Waals surface area (Å²) in [5.74, 6) is -1.88. The fourth-order valence-corrected chi connectivity index (χ4v) is 2.86. The molecule has 148 valence electrons. The Kier molecular flexibility index (Phi) is 7.75. The van der Waals surface area contributed by atoms with E-state index in [1.54, 1.807) is 30.3 Å². The Hall–Kier alpha value is -3.15. The van der Waals surface area contributed by atoms with Crippen molar-refractivity contribution in [2.45, 2.75) is 38.8 Å². The van der Waals surface area contributed by atoms with Crippen molar-refractivity contribution < 1.29 is 19.5 Å². The summed E-state index contributed by atoms with van der Waals surface area (Å²) < 4.78 is 0. The smallest absolute Gasteiger partial charge is 0.326 e. The van der Waals surface area contributed by atoms with Crippen LogP contribution in [0.1, 0.15) is 36.2 Å². The molecule has 0 bridgehead atoms. The molecule has 6 nitrogen and oxygen atoms in total. The summed E-state index contributed by atoms with van der Waals surface area (Å²) in [5, 5.41) is 14.7. The van der Waals surface area contributed by atoms with Gasteiger partial charge in [0.2, 0.25) is 5.91 Å². The molecule has 0 radical (unpaired) electrons. The van der Waals surface area contributed by atoms with Crippen molar-refractivity contribution in [2.24, 2.45) is 5.92 Å². The van der Waals surface area contributed by atoms with E-state index in [1.807, 2.05) is 44.2 Å². The largest absolute Gasteiger partial charge is 0.480 e. The van der Waals surface area contributed by atoms with Crippen LogP contribution < -0.4 is 10.6 Å². The number of aliphatic carboxylic acids is 1. The second-order valence-corrected chi connectivity index (χ2v) is 7.11. The molecule has 2 aromatic carbocycles. The maximum atomic E-state index is 12.8. The summed E-state index contributed by atoms with van der Waals surface area (Å²) in [4.78, 5) is 36.9. The van der Waals surface area contributed by atoms with Crippen LogP contribution in [0.4, 0.5) is 0 Å². The van der Waals surface area contributed by atoms with Gasteiger partial charge in [0, 0.05) is 12.0 Å². The number of carbonyl (C=O) groups excluding carboxylic acids is 2. The molecule has 0 aliphatic carbocycles. The van der Waals surface area contributed by atoms with Crippen LogP contribution in [-0.4, -0.2) is 35.0 Å². The quantitative estimate of drug-likeness (QED) is 0.621. The van der Waals surface area contributed by atoms with Gasteiger partial charge in [-0.05, 0) is 30.0 Å². The standard InChI is InChI=1S/C22H26N2O4/c1-15(2)13-19(22(27)28)24-21(26)18(14-16-9-5-3-6-10-16)23-20(25)17-11-7-4-8-12-17/h3-12,15,18-19H,13-14H2,1-2H3,(H,23,25)(H,24,26)(H,27,28)/t18-,19-/m1/s1. The van der Waals surface area contributed by atoms with Gasteiger partial charge < -0.3 is 15.7 Å². The number of carbonyl (C=O) groups is 3. The van der Waals surface area contributed by atoms with Crippen LogP contribution in [0.2, 0.25) is 0 Å². The van der Waals surface area contributed by atoms with Crippen LogP contribution in [0.3, 0.4) is 0 Å². The topological polar surface area (TPSA) is 95.5 Å². The zero-order valence-corrected chi connectivity index (χ0v) is 16.1. The van der Waals surface area contributed by atoms with E-state index in [0.717, 1.165) is 5.56 Å². The average molecular weight is 382 g/mol. The van der Waals surface area contributed by atoms with E-state index < -0.39 is 24.0 Å². The van der Waals surface area contributed by atoms with Crippen molar-refractivity contribution in [3.05, 3.63) is 71.8 Å². The van der Waals surface area contributed by atoms with Crippen molar-refractivity contribution in [1.82, 2.24) is 10.6 Å². The highest BCUT2D eigenvalue weighted by molar-refractivity contribution is 5.98. The van der Waals surface area contributed by atoms with Crippen LogP contribution in [-0.2, 0) is 16.0 Å². The van der Waals surface area contributed by atoms with Gasteiger partial charge in [0.15, 0.2) is 0 Å². The van der Waals surface area contributed by atoms with Crippen LogP contribution in [0.5, 0.6) is 0 Å². The highest BCUT2D eigenvalue weighted by atomic mass is 16.4. The molecule has 0 aliphatic heterocycles. The third-order valence-corrected chi connectivity index (χ3v) is 4.26. The Balaban J connectivity index is 2.17. The summed E-state index contributed by atoms with van der Waals surface area (Å²) >= 11 is 0. The van der Waals surface area contributed by atoms with Gasteiger partial charge in [0.25, 0.3) is 5.91 Å². The highest BCUT2D eigenvalue weighted by Crippen LogP contribution is 2.09. The first-order valence-corrected chi connectivity index (χ1v) is 9.30. The van der Waals surface area contributed by atoms with Gasteiger partial charge in [0.05, 0.1) is 0 Å². The molecule has 0 unspecified atom stereocenters. The van der Waals surface area contributed by atoms with Crippen molar-refractivity contribution in [2.75, 3.05) is 0 Å². The number of carboxylic acid groups (broad SMARTS) is 1. The maximum Gasteiger partial charge on any atom is 0.326 e. The normalized spacial score (nSPS) is 12.8. The first kappa shape index (κ1) is 21.2. The van der Waals surface area contributed by atoms with Crippen LogP contribution in [0.25, 0.3) is 0 Å². The van der Waals surface area contributed by atoms with Crippen molar-refractivity contribution >= 4 is 17.8 Å². The van der Waals surface area contributed by atoms with Gasteiger partial charge >= 0.3 is 5.97 Å². The zero-order chi connectivity index (χ0) is 20.5. The number of nitrogens with one attached hydrogen (secondary N) is 2. The molecule has 28 heavy (non-hydrogen) atoms. The van der Waals surface area contributed by atoms with Gasteiger partial charge in [0.1, 0.15) is 12.1 Å². The van der Waals surface area contributed by atoms with Gasteiger partial charge in [-0.15, -0.1) is 0 Å². The van der Waals surface area contributed by atoms with Gasteiger partial charge in [-0.25, -0.2) is 4.79 Å². The second kappa shape index (κ2) is 10.3. The fraction of sp³-hybridized carbons (Fsp3) is 0.318. The molecular weight excluding hydrogens is 356 g/mol. The number of hydrogen-bond acceptors (Lipinski definition) is 3. The molecule has 0 spiro atoms. The fourth-order valence-electron chi connectivity index (χ4n) is 2.86. The van der Waals surface area contributed by atoms with Crippen LogP contribution in [0.15, 0.2) is 60.7 Å². The maximum absolute atomic E-state index is 12.8. The molecule has 2 atom stereocenters. The molecule has 6 heteroatoms. The molecule has 2 amide bonds. The van der Waals surface area contributed by atoms with Crippen molar-refractivity contribution in [3.63, 3.8) is 0 Å². The lowest BCUT2D eigenvalue weighted by Crippen LogP contribution is -2.52. The minimum Gasteiger partial charge on any atom is -0.480 e. The third-order valence-electron chi connectivity index (χ3n) is 4.26. The molecule has 0 aliphatic rings. The lowest BCUT2D eigenvalue weighted by Gasteiger charge is -2.22. The zero-order valence-electron chi connectivity index (χ0n) is 16.1. The summed E-state index contributed by atoms with van der Waals surface area (Å²) in [7, 11) is 0. The number of benzene rings is 2. The van der Waals surface area contributed by atoms with E-state index in [9.17, 15) is 19.5 Å². The van der Waals surface area contributed by atoms with Crippen molar-refractivity contribution in [3.8, 4) is 0 Å². The Morgan fingerprint density at radius 2 is 1.43 bits per heavy atom. The number of amides is 2. The Labute approximate surface area is 165 Å². The summed E-state index contributed by atoms with van der Waals surface area (Å²) in [6.07, 6.45) is 0.574. The Morgan fingerprint density at radius 3 is 1.96 bits per heavy atom. The lowest BCUT2D eigenvalue weighted by molar-refractivity contribution is -0.142. The van der Waals surface area contributed by atoms with Gasteiger partial charge in [-0.1, -0.05) is 62.4 Å². The lowest BCUT2D eigenvalue weighted by atomic mass is 10.0. The summed E-state index contributed by atoms with van der Waals surface area (Å²) in [6.45, 7) is 3.78. The van der Waals surface area contributed by atoms with Gasteiger partial charge in [-0.2, -0.15) is 0 Å². The molecule has 0 aromatic heterocycles. The minimum atomic E-state index is -1.09. The third kappa shape index (κ3) is 6.54. The van der Waals surface area contributed by atoms with E-state index in [2.05, 4.69) is 10.6 Å². The van der Waals surface area contributed by atoms with Crippen LogP contribution >= 0.6 is 0 Å². The molecule has 0 saturated carbocycles. The van der Waals surface area contributed by atoms with E-state index >= 15 is 0 Å². The number of carboxylic acids is 1. The molecular formula is C22H26N2O4. The molecule has 0 saturated heterocycles. The van der Waals surface area contributed by atoms with E-state index in [1.165, 1.54) is 0 Å². The first-order chi connectivity index (χ1) is 13.4. The number of rotatable bonds is 9. The number of hydrogen-bond donors (Lipinski definition) is 3. The molecule has 0 heterocycles. The Morgan fingerprint density at radius 1 is 0.857 bits per heavy atom. The van der Waals surface area contributed by atoms with Crippen molar-refractivity contribution in [1.29, 1.82) is 0 Å². The minimum absolute atomic E-state index is 0.105. The van der Waals surface area contributed by atoms with Gasteiger partial charge in [-0.3, -0.25) is 9.59 Å². The first-order valence-electron chi connectivity index (χ1n) is 9.30. The molecule has 0 fully saturated rings. The second-order valence-electron chi connectivity index (χ2n) is 7.11. The summed E-state index contributed by atoms with van der Waals surface area (Å²) in [5.41, 5.74) is 1.30. The molecule has 2 rings (SSSR count). The predicted octanol–water partition coefficient (Wildman–Crippen LogP) is 2.64. The average Bonchev–Trinajstić information content (AvgIpc) is 2.68. The SMILES string of the molecule is CC(C)C[C@@H](NC(=O)[C@@H](Cc1ccccc1)NC(=O)c1ccccc1)C(=O)O. The molecule has 2 aromatic rings. The highest BCUT2D eigenvalue weighted by Gasteiger charge is 2.27.